The van der Waals surface area contributed by atoms with E-state index in [9.17, 15) is 4.79 Å². The first-order valence-electron chi connectivity index (χ1n) is 8.80. The van der Waals surface area contributed by atoms with Crippen LogP contribution in [-0.4, -0.2) is 30.8 Å². The Morgan fingerprint density at radius 2 is 2.08 bits per heavy atom. The van der Waals surface area contributed by atoms with Crippen LogP contribution in [0.2, 0.25) is 0 Å². The third kappa shape index (κ3) is 7.45. The molecule has 24 heavy (non-hydrogen) atoms. The van der Waals surface area contributed by atoms with Gasteiger partial charge in [0.25, 0.3) is 0 Å². The molecule has 1 fully saturated rings. The molecule has 2 N–H and O–H groups in total. The van der Waals surface area contributed by atoms with E-state index in [4.69, 9.17) is 0 Å². The number of hydrogen-bond acceptors (Lipinski definition) is 3. The molecule has 0 radical (unpaired) electrons. The van der Waals surface area contributed by atoms with Crippen LogP contribution in [0.1, 0.15) is 38.7 Å². The number of carbonyl (C=O) groups is 1. The molecular formula is C19H31ClN2OS. The minimum absolute atomic E-state index is 0. The highest BCUT2D eigenvalue weighted by atomic mass is 35.5. The van der Waals surface area contributed by atoms with E-state index < -0.39 is 0 Å². The number of carbonyl (C=O) groups excluding carboxylic acids is 1. The summed E-state index contributed by atoms with van der Waals surface area (Å²) in [5, 5.41) is 6.62. The molecule has 5 heteroatoms. The number of thioether (sulfide) groups is 1. The second-order valence-electron chi connectivity index (χ2n) is 6.75. The Morgan fingerprint density at radius 3 is 2.71 bits per heavy atom. The van der Waals surface area contributed by atoms with E-state index in [1.165, 1.54) is 18.4 Å². The van der Waals surface area contributed by atoms with Gasteiger partial charge in [0.1, 0.15) is 0 Å². The van der Waals surface area contributed by atoms with Crippen LogP contribution in [0.3, 0.4) is 0 Å². The first kappa shape index (κ1) is 21.3. The summed E-state index contributed by atoms with van der Waals surface area (Å²) in [6, 6.07) is 10.4. The number of halogens is 1. The van der Waals surface area contributed by atoms with Crippen molar-refractivity contribution in [1.82, 2.24) is 10.6 Å². The van der Waals surface area contributed by atoms with Gasteiger partial charge in [-0.1, -0.05) is 44.2 Å². The van der Waals surface area contributed by atoms with Crippen LogP contribution in [0.5, 0.6) is 0 Å². The maximum absolute atomic E-state index is 12.5. The van der Waals surface area contributed by atoms with Gasteiger partial charge in [-0.3, -0.25) is 4.79 Å². The molecule has 1 aliphatic rings. The van der Waals surface area contributed by atoms with Gasteiger partial charge in [0, 0.05) is 12.3 Å². The van der Waals surface area contributed by atoms with E-state index in [1.54, 1.807) is 11.8 Å². The highest BCUT2D eigenvalue weighted by Gasteiger charge is 2.22. The summed E-state index contributed by atoms with van der Waals surface area (Å²) in [5.41, 5.74) is 1.28. The van der Waals surface area contributed by atoms with E-state index in [-0.39, 0.29) is 23.6 Å². The maximum Gasteiger partial charge on any atom is 0.233 e. The van der Waals surface area contributed by atoms with Crippen molar-refractivity contribution in [2.75, 3.05) is 19.6 Å². The molecule has 0 saturated carbocycles. The topological polar surface area (TPSA) is 41.1 Å². The van der Waals surface area contributed by atoms with Crippen molar-refractivity contribution in [3.63, 3.8) is 0 Å². The van der Waals surface area contributed by atoms with Crippen LogP contribution < -0.4 is 10.6 Å². The van der Waals surface area contributed by atoms with E-state index >= 15 is 0 Å². The summed E-state index contributed by atoms with van der Waals surface area (Å²) in [6.45, 7) is 7.32. The predicted octanol–water partition coefficient (Wildman–Crippen LogP) is 3.87. The first-order chi connectivity index (χ1) is 11.2. The molecule has 2 unspecified atom stereocenters. The smallest absolute Gasteiger partial charge is 0.233 e. The Labute approximate surface area is 157 Å². The van der Waals surface area contributed by atoms with Crippen LogP contribution in [0.4, 0.5) is 0 Å². The lowest BCUT2D eigenvalue weighted by Crippen LogP contribution is -2.38. The van der Waals surface area contributed by atoms with Crippen LogP contribution in [0.25, 0.3) is 0 Å². The number of hydrogen-bond donors (Lipinski definition) is 2. The van der Waals surface area contributed by atoms with Crippen LogP contribution in [0.15, 0.2) is 30.3 Å². The summed E-state index contributed by atoms with van der Waals surface area (Å²) in [5.74, 6) is 2.16. The largest absolute Gasteiger partial charge is 0.355 e. The number of piperidine rings is 1. The molecule has 3 nitrogen and oxygen atoms in total. The van der Waals surface area contributed by atoms with Gasteiger partial charge in [-0.05, 0) is 49.8 Å². The average molecular weight is 371 g/mol. The number of rotatable bonds is 8. The summed E-state index contributed by atoms with van der Waals surface area (Å²) >= 11 is 1.75. The van der Waals surface area contributed by atoms with Crippen molar-refractivity contribution in [1.29, 1.82) is 0 Å². The third-order valence-electron chi connectivity index (χ3n) is 4.39. The summed E-state index contributed by atoms with van der Waals surface area (Å²) in [4.78, 5) is 12.5. The lowest BCUT2D eigenvalue weighted by molar-refractivity contribution is -0.121. The van der Waals surface area contributed by atoms with Gasteiger partial charge in [-0.15, -0.1) is 24.2 Å². The van der Waals surface area contributed by atoms with Crippen molar-refractivity contribution in [3.05, 3.63) is 35.9 Å². The Bertz CT molecular complexity index is 464. The summed E-state index contributed by atoms with van der Waals surface area (Å²) in [7, 11) is 0. The van der Waals surface area contributed by atoms with Gasteiger partial charge in [0.15, 0.2) is 0 Å². The fourth-order valence-corrected chi connectivity index (χ4v) is 4.19. The molecule has 0 aromatic heterocycles. The Balaban J connectivity index is 0.00000288. The molecule has 1 aromatic carbocycles. The lowest BCUT2D eigenvalue weighted by Gasteiger charge is -2.24. The molecule has 1 amide bonds. The van der Waals surface area contributed by atoms with Crippen LogP contribution >= 0.6 is 24.2 Å². The number of benzene rings is 1. The Hall–Kier alpha value is -0.710. The van der Waals surface area contributed by atoms with Gasteiger partial charge < -0.3 is 10.6 Å². The third-order valence-corrected chi connectivity index (χ3v) is 6.00. The standard InChI is InChI=1S/C19H30N2OS.ClH/c1-15(2)18(23-14-17-7-4-3-5-8-17)19(22)21-12-10-16-9-6-11-20-13-16;/h3-5,7-8,15-16,18,20H,6,9-14H2,1-2H3,(H,21,22);1H. The molecule has 2 rings (SSSR count). The normalized spacial score (nSPS) is 18.7. The molecule has 136 valence electrons. The number of amides is 1. The first-order valence-corrected chi connectivity index (χ1v) is 9.85. The molecule has 2 atom stereocenters. The van der Waals surface area contributed by atoms with E-state index in [0.29, 0.717) is 5.92 Å². The van der Waals surface area contributed by atoms with E-state index in [2.05, 4.69) is 48.7 Å². The van der Waals surface area contributed by atoms with Crippen molar-refractivity contribution in [2.45, 2.75) is 44.1 Å². The van der Waals surface area contributed by atoms with Gasteiger partial charge in [0.2, 0.25) is 5.91 Å². The highest BCUT2D eigenvalue weighted by Crippen LogP contribution is 2.24. The summed E-state index contributed by atoms with van der Waals surface area (Å²) in [6.07, 6.45) is 3.65. The molecule has 1 aliphatic heterocycles. The fraction of sp³-hybridized carbons (Fsp3) is 0.632. The molecule has 1 saturated heterocycles. The minimum Gasteiger partial charge on any atom is -0.355 e. The van der Waals surface area contributed by atoms with Gasteiger partial charge in [-0.2, -0.15) is 0 Å². The monoisotopic (exact) mass is 370 g/mol. The second kappa shape index (κ2) is 11.8. The van der Waals surface area contributed by atoms with Crippen LogP contribution in [-0.2, 0) is 10.5 Å². The molecule has 1 aromatic rings. The minimum atomic E-state index is 0. The zero-order chi connectivity index (χ0) is 16.5. The van der Waals surface area contributed by atoms with E-state index in [1.807, 2.05) is 6.07 Å². The van der Waals surface area contributed by atoms with Gasteiger partial charge in [0.05, 0.1) is 5.25 Å². The fourth-order valence-electron chi connectivity index (χ4n) is 3.00. The van der Waals surface area contributed by atoms with Gasteiger partial charge >= 0.3 is 0 Å². The van der Waals surface area contributed by atoms with Gasteiger partial charge in [-0.25, -0.2) is 0 Å². The quantitative estimate of drug-likeness (QED) is 0.729. The Morgan fingerprint density at radius 1 is 1.33 bits per heavy atom. The zero-order valence-electron chi connectivity index (χ0n) is 14.8. The average Bonchev–Trinajstić information content (AvgIpc) is 2.56. The molecule has 0 aliphatic carbocycles. The Kier molecular flexibility index (Phi) is 10.5. The van der Waals surface area contributed by atoms with E-state index in [0.717, 1.165) is 37.7 Å². The molecular weight excluding hydrogens is 340 g/mol. The number of nitrogens with one attached hydrogen (secondary N) is 2. The lowest BCUT2D eigenvalue weighted by atomic mass is 9.96. The van der Waals surface area contributed by atoms with Crippen LogP contribution in [0, 0.1) is 11.8 Å². The van der Waals surface area contributed by atoms with Crippen molar-refractivity contribution in [2.24, 2.45) is 11.8 Å². The van der Waals surface area contributed by atoms with Crippen molar-refractivity contribution >= 4 is 30.1 Å². The van der Waals surface area contributed by atoms with Crippen molar-refractivity contribution < 1.29 is 4.79 Å². The second-order valence-corrected chi connectivity index (χ2v) is 7.88. The molecule has 0 bridgehead atoms. The SMILES string of the molecule is CC(C)C(SCc1ccccc1)C(=O)NCCC1CCCNC1.Cl. The molecule has 0 spiro atoms. The van der Waals surface area contributed by atoms with Crippen molar-refractivity contribution in [3.8, 4) is 0 Å². The predicted molar refractivity (Wildman–Crippen MR) is 107 cm³/mol. The zero-order valence-corrected chi connectivity index (χ0v) is 16.4. The highest BCUT2D eigenvalue weighted by molar-refractivity contribution is 7.99. The molecule has 1 heterocycles. The maximum atomic E-state index is 12.5. The summed E-state index contributed by atoms with van der Waals surface area (Å²) < 4.78 is 0.